The fourth-order valence-electron chi connectivity index (χ4n) is 9.65. The van der Waals surface area contributed by atoms with E-state index < -0.39 is 9.16 Å². The molecule has 0 atom stereocenters. The predicted molar refractivity (Wildman–Crippen MR) is 239 cm³/mol. The summed E-state index contributed by atoms with van der Waals surface area (Å²) in [5.41, 5.74) is 10.4. The van der Waals surface area contributed by atoms with Gasteiger partial charge in [0.2, 0.25) is 0 Å². The minimum atomic E-state index is -2.48. The van der Waals surface area contributed by atoms with Gasteiger partial charge in [-0.2, -0.15) is 0 Å². The Morgan fingerprint density at radius 3 is 1.50 bits per heavy atom. The average molecular weight is 709 g/mol. The van der Waals surface area contributed by atoms with E-state index in [1.54, 1.807) is 0 Å². The van der Waals surface area contributed by atoms with E-state index in [2.05, 4.69) is 201 Å². The van der Waals surface area contributed by atoms with Crippen LogP contribution in [-0.2, 0) is 0 Å². The number of hydrogen-bond donors (Lipinski definition) is 1. The molecular weight excluding hydrogens is 669 g/mol. The second-order valence-corrected chi connectivity index (χ2v) is 22.9. The van der Waals surface area contributed by atoms with Gasteiger partial charge in [-0.25, -0.2) is 9.16 Å². The summed E-state index contributed by atoms with van der Waals surface area (Å²) in [6.07, 6.45) is 7.64. The quantitative estimate of drug-likeness (QED) is 0.137. The summed E-state index contributed by atoms with van der Waals surface area (Å²) in [4.78, 5) is 3.01. The highest BCUT2D eigenvalue weighted by Gasteiger charge is 2.41. The van der Waals surface area contributed by atoms with Crippen LogP contribution in [0.2, 0.25) is 0 Å². The molecule has 0 fully saturated rings. The van der Waals surface area contributed by atoms with E-state index in [-0.39, 0.29) is 0 Å². The van der Waals surface area contributed by atoms with E-state index in [1.165, 1.54) is 108 Å². The maximum absolute atomic E-state index is 2.62. The monoisotopic (exact) mass is 708 g/mol. The van der Waals surface area contributed by atoms with Gasteiger partial charge in [0.05, 0.1) is 0 Å². The van der Waals surface area contributed by atoms with Crippen molar-refractivity contribution in [2.75, 3.05) is 18.8 Å². The Kier molecular flexibility index (Phi) is 6.50. The van der Waals surface area contributed by atoms with Crippen LogP contribution in [-0.4, -0.2) is 18.8 Å². The first kappa shape index (κ1) is 31.4. The molecule has 0 bridgehead atoms. The Hall–Kier alpha value is -6.15. The molecule has 1 heterocycles. The van der Waals surface area contributed by atoms with Crippen LogP contribution in [0.15, 0.2) is 192 Å². The lowest BCUT2D eigenvalue weighted by Gasteiger charge is -2.50. The fraction of sp³-hybridized carbons (Fsp3) is 0.0566. The van der Waals surface area contributed by atoms with Gasteiger partial charge in [-0.1, -0.05) is 158 Å². The minimum Gasteiger partial charge on any atom is -0.247 e. The fourth-order valence-corrected chi connectivity index (χ4v) is 13.2. The van der Waals surface area contributed by atoms with Gasteiger partial charge in [-0.3, -0.25) is 0 Å². The third kappa shape index (κ3) is 4.46. The molecule has 0 nitrogen and oxygen atoms in total. The van der Waals surface area contributed by atoms with Gasteiger partial charge in [0.25, 0.3) is 0 Å². The van der Waals surface area contributed by atoms with Crippen LogP contribution in [0.1, 0.15) is 0 Å². The Morgan fingerprint density at radius 1 is 0.278 bits per heavy atom. The maximum Gasteiger partial charge on any atom is -0.00195 e. The van der Waals surface area contributed by atoms with Crippen LogP contribution >= 0.6 is 9.16 Å². The van der Waals surface area contributed by atoms with Gasteiger partial charge >= 0.3 is 0 Å². The summed E-state index contributed by atoms with van der Waals surface area (Å²) in [6.45, 7) is 0. The van der Waals surface area contributed by atoms with E-state index >= 15 is 0 Å². The molecule has 1 heteroatoms. The Balaban J connectivity index is 1.36. The Labute approximate surface area is 316 Å². The van der Waals surface area contributed by atoms with E-state index in [0.717, 1.165) is 0 Å². The van der Waals surface area contributed by atoms with Crippen LogP contribution < -0.4 is 0 Å². The van der Waals surface area contributed by atoms with Crippen molar-refractivity contribution < 1.29 is 0 Å². The molecule has 0 aromatic heterocycles. The minimum absolute atomic E-state index is 1.23. The van der Waals surface area contributed by atoms with Gasteiger partial charge < -0.3 is 0 Å². The Bertz CT molecular complexity index is 3200. The normalized spacial score (nSPS) is 15.0. The molecule has 11 rings (SSSR count). The first-order chi connectivity index (χ1) is 26.3. The third-order valence-corrected chi connectivity index (χ3v) is 16.4. The highest BCUT2D eigenvalue weighted by molar-refractivity contribution is 8.48. The second-order valence-electron chi connectivity index (χ2n) is 16.4. The van der Waals surface area contributed by atoms with Gasteiger partial charge in [0.15, 0.2) is 0 Å². The Morgan fingerprint density at radius 2 is 0.778 bits per heavy atom. The molecule has 1 aliphatic rings. The van der Waals surface area contributed by atoms with Crippen molar-refractivity contribution >= 4 is 63.0 Å². The van der Waals surface area contributed by atoms with E-state index in [9.17, 15) is 0 Å². The number of benzene rings is 10. The molecule has 0 spiro atoms. The predicted octanol–water partition coefficient (Wildman–Crippen LogP) is 14.8. The highest BCUT2D eigenvalue weighted by Crippen LogP contribution is 2.80. The van der Waals surface area contributed by atoms with Crippen molar-refractivity contribution in [3.8, 4) is 44.5 Å². The molecule has 1 aliphatic heterocycles. The number of hydrogen-bond acceptors (Lipinski definition) is 0. The van der Waals surface area contributed by atoms with E-state index in [0.29, 0.717) is 0 Å². The third-order valence-electron chi connectivity index (χ3n) is 12.3. The maximum atomic E-state index is 2.62. The lowest BCUT2D eigenvalue weighted by Crippen LogP contribution is -2.10. The van der Waals surface area contributed by atoms with Gasteiger partial charge in [-0.05, 0) is 151 Å². The standard InChI is InChI=1S/C53H40S/c1-54(2,3)50-25-11-10-22-42(50)46-32-48-49(33-51(46)54)53(44-24-13-19-36-16-7-9-21-41(36)44)47-31-39(38-27-26-34-14-4-5-17-37(34)30-38)28-29-45(47)52(48)43-23-12-18-35-15-6-8-20-40(35)43/h4-33,54H,1-3H3. The van der Waals surface area contributed by atoms with E-state index in [1.807, 2.05) is 0 Å². The zero-order chi connectivity index (χ0) is 36.2. The number of rotatable bonds is 3. The summed E-state index contributed by atoms with van der Waals surface area (Å²) < 4.78 is 0. The SMILES string of the molecule is C[SH]1(C)(C)c2ccccc2-c2cc3c(-c4cccc5ccccc45)c4ccc(-c5ccc6ccccc6c5)cc4c(-c4cccc5ccccc45)c3cc21. The van der Waals surface area contributed by atoms with Crippen LogP contribution in [0.25, 0.3) is 98.4 Å². The molecule has 258 valence electrons. The lowest BCUT2D eigenvalue weighted by atomic mass is 9.82. The van der Waals surface area contributed by atoms with Crippen molar-refractivity contribution in [3.63, 3.8) is 0 Å². The molecule has 0 saturated carbocycles. The van der Waals surface area contributed by atoms with Crippen molar-refractivity contribution in [2.45, 2.75) is 9.79 Å². The van der Waals surface area contributed by atoms with Gasteiger partial charge in [-0.15, -0.1) is 0 Å². The summed E-state index contributed by atoms with van der Waals surface area (Å²) in [5, 5.41) is 12.8. The molecule has 54 heavy (non-hydrogen) atoms. The first-order valence-corrected chi connectivity index (χ1v) is 22.5. The molecule has 0 unspecified atom stereocenters. The summed E-state index contributed by atoms with van der Waals surface area (Å²) >= 11 is 0. The summed E-state index contributed by atoms with van der Waals surface area (Å²) in [7, 11) is -2.48. The number of thiol groups is 1. The van der Waals surface area contributed by atoms with E-state index in [4.69, 9.17) is 0 Å². The summed E-state index contributed by atoms with van der Waals surface area (Å²) in [5.74, 6) is 0. The van der Waals surface area contributed by atoms with Crippen LogP contribution in [0.3, 0.4) is 0 Å². The van der Waals surface area contributed by atoms with Crippen molar-refractivity contribution in [1.82, 2.24) is 0 Å². The smallest absolute Gasteiger partial charge is 0.00195 e. The topological polar surface area (TPSA) is 0 Å². The van der Waals surface area contributed by atoms with Gasteiger partial charge in [0, 0.05) is 0 Å². The molecule has 10 aromatic rings. The van der Waals surface area contributed by atoms with Crippen molar-refractivity contribution in [1.29, 1.82) is 0 Å². The van der Waals surface area contributed by atoms with Crippen LogP contribution in [0, 0.1) is 0 Å². The van der Waals surface area contributed by atoms with Crippen LogP contribution in [0.4, 0.5) is 0 Å². The van der Waals surface area contributed by atoms with Crippen molar-refractivity contribution in [3.05, 3.63) is 182 Å². The average Bonchev–Trinajstić information content (AvgIpc) is 3.40. The molecule has 0 saturated heterocycles. The second kappa shape index (κ2) is 11.2. The zero-order valence-electron chi connectivity index (χ0n) is 30.8. The molecule has 10 aromatic carbocycles. The van der Waals surface area contributed by atoms with Crippen molar-refractivity contribution in [2.24, 2.45) is 0 Å². The number of fused-ring (bicyclic) bond motifs is 8. The highest BCUT2D eigenvalue weighted by atomic mass is 32.3. The van der Waals surface area contributed by atoms with Crippen LogP contribution in [0.5, 0.6) is 0 Å². The molecule has 0 N–H and O–H groups in total. The largest absolute Gasteiger partial charge is 0.247 e. The molecule has 0 aliphatic carbocycles. The first-order valence-electron chi connectivity index (χ1n) is 19.0. The molecular formula is C53H40S. The summed E-state index contributed by atoms with van der Waals surface area (Å²) in [6, 6.07) is 68.6. The lowest BCUT2D eigenvalue weighted by molar-refractivity contribution is 1.45. The molecule has 0 radical (unpaired) electrons. The zero-order valence-corrected chi connectivity index (χ0v) is 31.7. The van der Waals surface area contributed by atoms with Gasteiger partial charge in [0.1, 0.15) is 0 Å². The molecule has 0 amide bonds.